The zero-order valence-corrected chi connectivity index (χ0v) is 20.5. The topological polar surface area (TPSA) is 146 Å². The van der Waals surface area contributed by atoms with Crippen molar-refractivity contribution in [3.63, 3.8) is 0 Å². The van der Waals surface area contributed by atoms with Crippen LogP contribution in [-0.4, -0.2) is 65.6 Å². The zero-order valence-electron chi connectivity index (χ0n) is 19.7. The molecule has 0 aliphatic heterocycles. The Kier molecular flexibility index (Phi) is 10.5. The van der Waals surface area contributed by atoms with Gasteiger partial charge in [0.25, 0.3) is 0 Å². The highest BCUT2D eigenvalue weighted by Gasteiger charge is 2.44. The number of carboxylic acids is 1. The molecule has 9 nitrogen and oxygen atoms in total. The molecule has 0 aliphatic carbocycles. The Morgan fingerprint density at radius 1 is 1.14 bits per heavy atom. The molecule has 1 aromatic heterocycles. The summed E-state index contributed by atoms with van der Waals surface area (Å²) in [5, 5.41) is 23.2. The fourth-order valence-corrected chi connectivity index (χ4v) is 5.11. The van der Waals surface area contributed by atoms with Crippen LogP contribution in [0.3, 0.4) is 0 Å². The van der Waals surface area contributed by atoms with Crippen molar-refractivity contribution in [2.75, 3.05) is 5.75 Å². The normalized spacial score (nSPS) is 15.4. The minimum Gasteiger partial charge on any atom is -0.479 e. The molecule has 1 aromatic carbocycles. The van der Waals surface area contributed by atoms with Crippen molar-refractivity contribution in [3.8, 4) is 0 Å². The van der Waals surface area contributed by atoms with Crippen LogP contribution < -0.4 is 10.6 Å². The summed E-state index contributed by atoms with van der Waals surface area (Å²) in [5.41, 5.74) is -0.246. The van der Waals surface area contributed by atoms with E-state index >= 15 is 0 Å². The molecule has 0 radical (unpaired) electrons. The van der Waals surface area contributed by atoms with Crippen LogP contribution in [-0.2, 0) is 25.2 Å². The predicted octanol–water partition coefficient (Wildman–Crippen LogP) is 2.13. The van der Waals surface area contributed by atoms with Gasteiger partial charge in [-0.3, -0.25) is 15.1 Å². The van der Waals surface area contributed by atoms with Crippen LogP contribution in [0.2, 0.25) is 0 Å². The van der Waals surface area contributed by atoms with E-state index in [1.165, 1.54) is 24.5 Å². The second-order valence-corrected chi connectivity index (χ2v) is 10.5. The Balaban J connectivity index is 2.42. The third-order valence-corrected chi connectivity index (χ3v) is 6.92. The first kappa shape index (κ1) is 30.1. The molecule has 37 heavy (non-hydrogen) atoms. The van der Waals surface area contributed by atoms with Crippen molar-refractivity contribution in [1.29, 1.82) is 0 Å². The number of alkyl halides is 3. The number of benzene rings is 1. The summed E-state index contributed by atoms with van der Waals surface area (Å²) in [6.45, 7) is 1.62. The number of nitrogens with zero attached hydrogens (tertiary/aromatic N) is 1. The molecule has 0 aliphatic rings. The van der Waals surface area contributed by atoms with Crippen LogP contribution in [0.15, 0.2) is 48.8 Å². The molecule has 1 heterocycles. The van der Waals surface area contributed by atoms with Crippen LogP contribution in [0.1, 0.15) is 36.9 Å². The number of aliphatic hydroxyl groups is 1. The van der Waals surface area contributed by atoms with E-state index in [0.717, 1.165) is 24.3 Å². The van der Waals surface area contributed by atoms with Crippen LogP contribution in [0.25, 0.3) is 0 Å². The smallest absolute Gasteiger partial charge is 0.407 e. The largest absolute Gasteiger partial charge is 0.479 e. The van der Waals surface area contributed by atoms with Gasteiger partial charge in [0.15, 0.2) is 15.9 Å². The number of halogens is 4. The summed E-state index contributed by atoms with van der Waals surface area (Å²) in [4.78, 5) is 28.1. The number of carbonyl (C=O) groups is 2. The van der Waals surface area contributed by atoms with Crippen molar-refractivity contribution in [2.45, 2.75) is 55.9 Å². The number of rotatable bonds is 13. The van der Waals surface area contributed by atoms with E-state index in [2.05, 4.69) is 10.3 Å². The Labute approximate surface area is 210 Å². The zero-order chi connectivity index (χ0) is 27.8. The van der Waals surface area contributed by atoms with Crippen molar-refractivity contribution >= 4 is 21.7 Å². The fraction of sp³-hybridized carbons (Fsp3) is 0.435. The average Bonchev–Trinajstić information content (AvgIpc) is 2.81. The Morgan fingerprint density at radius 3 is 2.30 bits per heavy atom. The highest BCUT2D eigenvalue weighted by Crippen LogP contribution is 2.33. The van der Waals surface area contributed by atoms with Gasteiger partial charge < -0.3 is 15.5 Å². The highest BCUT2D eigenvalue weighted by molar-refractivity contribution is 7.90. The monoisotopic (exact) mass is 549 g/mol. The molecule has 2 rings (SSSR count). The molecule has 14 heteroatoms. The van der Waals surface area contributed by atoms with E-state index in [1.54, 1.807) is 6.92 Å². The number of hydrogen-bond acceptors (Lipinski definition) is 7. The second kappa shape index (κ2) is 12.9. The SMILES string of the molecule is CCC[C@H](NC(=O)[C@H](CS(=O)(=O)Cc1cccnc1)N[C@@H](c1ccc(F)cc1)C(F)(F)F)C(O)C(=O)O. The van der Waals surface area contributed by atoms with Gasteiger partial charge in [0, 0.05) is 12.4 Å². The van der Waals surface area contributed by atoms with E-state index in [4.69, 9.17) is 5.11 Å². The molecule has 204 valence electrons. The van der Waals surface area contributed by atoms with E-state index in [-0.39, 0.29) is 12.0 Å². The second-order valence-electron chi connectivity index (χ2n) is 8.35. The van der Waals surface area contributed by atoms with Gasteiger partial charge in [-0.25, -0.2) is 17.6 Å². The summed E-state index contributed by atoms with van der Waals surface area (Å²) >= 11 is 0. The molecule has 0 spiro atoms. The third kappa shape index (κ3) is 9.37. The molecule has 4 atom stereocenters. The molecule has 1 amide bonds. The summed E-state index contributed by atoms with van der Waals surface area (Å²) in [5.74, 6) is -5.46. The minimum absolute atomic E-state index is 0.0466. The van der Waals surface area contributed by atoms with Gasteiger partial charge in [-0.1, -0.05) is 31.5 Å². The maximum atomic E-state index is 14.0. The number of pyridine rings is 1. The molecule has 0 bridgehead atoms. The standard InChI is InChI=1S/C23H27F4N3O6S/c1-2-4-17(19(31)22(33)34)30-21(32)18(13-37(35,36)12-14-5-3-10-28-11-14)29-20(23(25,26)27)15-6-8-16(24)9-7-15/h3,5-11,17-20,29,31H,2,4,12-13H2,1H3,(H,30,32)(H,33,34)/t17-,18-,19?,20-/m0/s1. The fourth-order valence-electron chi connectivity index (χ4n) is 3.56. The number of amides is 1. The molecule has 0 fully saturated rings. The Morgan fingerprint density at radius 2 is 1.78 bits per heavy atom. The Hall–Kier alpha value is -3.10. The quantitative estimate of drug-likeness (QED) is 0.278. The number of aliphatic hydroxyl groups excluding tert-OH is 1. The van der Waals surface area contributed by atoms with Gasteiger partial charge in [0.05, 0.1) is 17.5 Å². The van der Waals surface area contributed by atoms with Crippen LogP contribution in [0, 0.1) is 5.82 Å². The van der Waals surface area contributed by atoms with Gasteiger partial charge in [0.1, 0.15) is 17.9 Å². The van der Waals surface area contributed by atoms with Gasteiger partial charge in [0.2, 0.25) is 5.91 Å². The number of nitrogens with one attached hydrogen (secondary N) is 2. The number of aromatic nitrogens is 1. The van der Waals surface area contributed by atoms with Crippen LogP contribution in [0.4, 0.5) is 17.6 Å². The summed E-state index contributed by atoms with van der Waals surface area (Å²) in [6.07, 6.45) is -4.20. The number of carbonyl (C=O) groups excluding carboxylic acids is 1. The maximum absolute atomic E-state index is 14.0. The highest BCUT2D eigenvalue weighted by atomic mass is 32.2. The van der Waals surface area contributed by atoms with E-state index < -0.39 is 75.0 Å². The lowest BCUT2D eigenvalue weighted by molar-refractivity contribution is -0.160. The molecular weight excluding hydrogens is 522 g/mol. The number of aliphatic carboxylic acids is 1. The summed E-state index contributed by atoms with van der Waals surface area (Å²) in [7, 11) is -4.21. The number of carboxylic acid groups (broad SMARTS) is 1. The minimum atomic E-state index is -5.02. The van der Waals surface area contributed by atoms with E-state index in [9.17, 15) is 40.7 Å². The van der Waals surface area contributed by atoms with Crippen molar-refractivity contribution in [3.05, 3.63) is 65.7 Å². The van der Waals surface area contributed by atoms with E-state index in [1.807, 2.05) is 5.32 Å². The molecule has 2 aromatic rings. The van der Waals surface area contributed by atoms with Gasteiger partial charge in [-0.15, -0.1) is 0 Å². The molecule has 0 saturated heterocycles. The molecule has 4 N–H and O–H groups in total. The summed E-state index contributed by atoms with van der Waals surface area (Å²) < 4.78 is 80.9. The Bertz CT molecular complexity index is 1150. The lowest BCUT2D eigenvalue weighted by atomic mass is 10.0. The first-order valence-electron chi connectivity index (χ1n) is 11.1. The molecular formula is C23H27F4N3O6S. The first-order valence-corrected chi connectivity index (χ1v) is 12.9. The van der Waals surface area contributed by atoms with Gasteiger partial charge >= 0.3 is 12.1 Å². The first-order chi connectivity index (χ1) is 17.2. The molecule has 0 saturated carbocycles. The number of hydrogen-bond donors (Lipinski definition) is 4. The van der Waals surface area contributed by atoms with Crippen LogP contribution in [0.5, 0.6) is 0 Å². The lowest BCUT2D eigenvalue weighted by Crippen LogP contribution is -2.56. The molecule has 1 unspecified atom stereocenters. The van der Waals surface area contributed by atoms with Gasteiger partial charge in [-0.2, -0.15) is 13.2 Å². The van der Waals surface area contributed by atoms with Crippen molar-refractivity contribution < 1.29 is 45.8 Å². The predicted molar refractivity (Wildman–Crippen MR) is 124 cm³/mol. The third-order valence-electron chi connectivity index (χ3n) is 5.31. The van der Waals surface area contributed by atoms with Gasteiger partial charge in [-0.05, 0) is 35.7 Å². The number of sulfone groups is 1. The lowest BCUT2D eigenvalue weighted by Gasteiger charge is -2.29. The van der Waals surface area contributed by atoms with E-state index in [0.29, 0.717) is 6.42 Å². The average molecular weight is 550 g/mol. The summed E-state index contributed by atoms with van der Waals surface area (Å²) in [6, 6.07) is 0.172. The van der Waals surface area contributed by atoms with Crippen LogP contribution >= 0.6 is 0 Å². The van der Waals surface area contributed by atoms with Crippen molar-refractivity contribution in [2.24, 2.45) is 0 Å². The van der Waals surface area contributed by atoms with Crippen molar-refractivity contribution in [1.82, 2.24) is 15.6 Å². The maximum Gasteiger partial charge on any atom is 0.407 e.